The van der Waals surface area contributed by atoms with Gasteiger partial charge in [-0.3, -0.25) is 9.59 Å². The summed E-state index contributed by atoms with van der Waals surface area (Å²) in [5.74, 6) is -0.739. The van der Waals surface area contributed by atoms with E-state index in [1.54, 1.807) is 13.0 Å². The maximum absolute atomic E-state index is 11.9. The Hall–Kier alpha value is -1.36. The standard InChI is InChI=1S/C13H16BrNO3/c1-4-18-13(17)8-12(16)10-6-5-9(15(2)3)7-11(10)14/h5-7H,4,8H2,1-3H3. The van der Waals surface area contributed by atoms with Crippen molar-refractivity contribution in [1.82, 2.24) is 0 Å². The second-order valence-electron chi connectivity index (χ2n) is 3.96. The van der Waals surface area contributed by atoms with Crippen LogP contribution < -0.4 is 4.90 Å². The molecule has 1 aromatic carbocycles. The second kappa shape index (κ2) is 6.54. The summed E-state index contributed by atoms with van der Waals surface area (Å²) < 4.78 is 5.44. The fourth-order valence-corrected chi connectivity index (χ4v) is 2.03. The van der Waals surface area contributed by atoms with E-state index in [-0.39, 0.29) is 18.8 Å². The van der Waals surface area contributed by atoms with Crippen molar-refractivity contribution in [3.8, 4) is 0 Å². The number of ketones is 1. The number of nitrogens with zero attached hydrogens (tertiary/aromatic N) is 1. The molecular formula is C13H16BrNO3. The van der Waals surface area contributed by atoms with E-state index in [0.717, 1.165) is 5.69 Å². The van der Waals surface area contributed by atoms with E-state index < -0.39 is 5.97 Å². The molecule has 0 aromatic heterocycles. The Morgan fingerprint density at radius 3 is 2.50 bits per heavy atom. The average Bonchev–Trinajstić information content (AvgIpc) is 2.28. The highest BCUT2D eigenvalue weighted by Gasteiger charge is 2.15. The van der Waals surface area contributed by atoms with Gasteiger partial charge in [-0.15, -0.1) is 0 Å². The zero-order valence-corrected chi connectivity index (χ0v) is 12.3. The predicted octanol–water partition coefficient (Wildman–Crippen LogP) is 2.65. The van der Waals surface area contributed by atoms with Gasteiger partial charge in [0.05, 0.1) is 6.61 Å². The van der Waals surface area contributed by atoms with Gasteiger partial charge in [-0.05, 0) is 41.1 Å². The summed E-state index contributed by atoms with van der Waals surface area (Å²) in [6, 6.07) is 5.39. The molecule has 5 heteroatoms. The van der Waals surface area contributed by atoms with Crippen LogP contribution in [-0.4, -0.2) is 32.5 Å². The Labute approximate surface area is 115 Å². The minimum absolute atomic E-state index is 0.228. The van der Waals surface area contributed by atoms with E-state index in [1.807, 2.05) is 31.1 Å². The zero-order valence-electron chi connectivity index (χ0n) is 10.7. The van der Waals surface area contributed by atoms with Gasteiger partial charge in [0.1, 0.15) is 6.42 Å². The minimum Gasteiger partial charge on any atom is -0.466 e. The Morgan fingerprint density at radius 2 is 2.00 bits per heavy atom. The number of rotatable bonds is 5. The largest absolute Gasteiger partial charge is 0.466 e. The summed E-state index contributed by atoms with van der Waals surface area (Å²) in [7, 11) is 3.84. The quantitative estimate of drug-likeness (QED) is 0.476. The molecule has 0 aliphatic heterocycles. The number of anilines is 1. The molecule has 0 amide bonds. The molecule has 0 unspecified atom stereocenters. The third kappa shape index (κ3) is 3.84. The first-order chi connectivity index (χ1) is 8.45. The van der Waals surface area contributed by atoms with Gasteiger partial charge in [-0.25, -0.2) is 0 Å². The first-order valence-electron chi connectivity index (χ1n) is 5.61. The monoisotopic (exact) mass is 313 g/mol. The fraction of sp³-hybridized carbons (Fsp3) is 0.385. The Kier molecular flexibility index (Phi) is 5.34. The van der Waals surface area contributed by atoms with Crippen LogP contribution in [0.25, 0.3) is 0 Å². The molecule has 1 aromatic rings. The Morgan fingerprint density at radius 1 is 1.33 bits per heavy atom. The number of carbonyl (C=O) groups excluding carboxylic acids is 2. The number of benzene rings is 1. The van der Waals surface area contributed by atoms with E-state index in [1.165, 1.54) is 0 Å². The number of Topliss-reactive ketones (excluding diaryl/α,β-unsaturated/α-hetero) is 1. The highest BCUT2D eigenvalue weighted by molar-refractivity contribution is 9.10. The summed E-state index contributed by atoms with van der Waals surface area (Å²) in [6.07, 6.45) is -0.228. The highest BCUT2D eigenvalue weighted by atomic mass is 79.9. The van der Waals surface area contributed by atoms with Gasteiger partial charge in [0.15, 0.2) is 5.78 Å². The van der Waals surface area contributed by atoms with Crippen LogP contribution >= 0.6 is 15.9 Å². The van der Waals surface area contributed by atoms with Crippen LogP contribution in [0.3, 0.4) is 0 Å². The number of ether oxygens (including phenoxy) is 1. The number of hydrogen-bond acceptors (Lipinski definition) is 4. The minimum atomic E-state index is -0.494. The highest BCUT2D eigenvalue weighted by Crippen LogP contribution is 2.24. The van der Waals surface area contributed by atoms with Crippen molar-refractivity contribution in [1.29, 1.82) is 0 Å². The lowest BCUT2D eigenvalue weighted by molar-refractivity contribution is -0.141. The molecule has 0 atom stereocenters. The van der Waals surface area contributed by atoms with Crippen molar-refractivity contribution in [2.75, 3.05) is 25.6 Å². The molecule has 0 fully saturated rings. The molecule has 0 spiro atoms. The average molecular weight is 314 g/mol. The van der Waals surface area contributed by atoms with E-state index in [4.69, 9.17) is 4.74 Å². The van der Waals surface area contributed by atoms with Crippen LogP contribution in [0.2, 0.25) is 0 Å². The summed E-state index contributed by atoms with van der Waals surface area (Å²) in [5.41, 5.74) is 1.48. The molecule has 1 rings (SSSR count). The number of esters is 1. The Bertz CT molecular complexity index is 458. The van der Waals surface area contributed by atoms with Gasteiger partial charge >= 0.3 is 5.97 Å². The SMILES string of the molecule is CCOC(=O)CC(=O)c1ccc(N(C)C)cc1Br. The zero-order chi connectivity index (χ0) is 13.7. The molecule has 0 aliphatic rings. The lowest BCUT2D eigenvalue weighted by atomic mass is 10.1. The van der Waals surface area contributed by atoms with Crippen LogP contribution in [0, 0.1) is 0 Å². The van der Waals surface area contributed by atoms with Crippen molar-refractivity contribution in [3.05, 3.63) is 28.2 Å². The molecule has 98 valence electrons. The van der Waals surface area contributed by atoms with Crippen molar-refractivity contribution < 1.29 is 14.3 Å². The van der Waals surface area contributed by atoms with Crippen LogP contribution in [-0.2, 0) is 9.53 Å². The third-order valence-electron chi connectivity index (χ3n) is 2.38. The van der Waals surface area contributed by atoms with E-state index in [0.29, 0.717) is 10.0 Å². The van der Waals surface area contributed by atoms with Gasteiger partial charge in [0, 0.05) is 29.8 Å². The molecule has 0 saturated heterocycles. The summed E-state index contributed by atoms with van der Waals surface area (Å²) in [5, 5.41) is 0. The summed E-state index contributed by atoms with van der Waals surface area (Å²) in [4.78, 5) is 25.1. The maximum Gasteiger partial charge on any atom is 0.313 e. The second-order valence-corrected chi connectivity index (χ2v) is 4.82. The normalized spacial score (nSPS) is 10.0. The molecule has 0 saturated carbocycles. The summed E-state index contributed by atoms with van der Waals surface area (Å²) >= 11 is 3.35. The fourth-order valence-electron chi connectivity index (χ4n) is 1.45. The van der Waals surface area contributed by atoms with Gasteiger partial charge in [-0.2, -0.15) is 0 Å². The maximum atomic E-state index is 11.9. The Balaban J connectivity index is 2.84. The molecule has 18 heavy (non-hydrogen) atoms. The van der Waals surface area contributed by atoms with Gasteiger partial charge in [0.25, 0.3) is 0 Å². The summed E-state index contributed by atoms with van der Waals surface area (Å²) in [6.45, 7) is 2.00. The van der Waals surface area contributed by atoms with E-state index in [9.17, 15) is 9.59 Å². The molecule has 4 nitrogen and oxygen atoms in total. The molecule has 0 radical (unpaired) electrons. The van der Waals surface area contributed by atoms with Gasteiger partial charge in [0.2, 0.25) is 0 Å². The van der Waals surface area contributed by atoms with Crippen LogP contribution in [0.4, 0.5) is 5.69 Å². The van der Waals surface area contributed by atoms with Gasteiger partial charge < -0.3 is 9.64 Å². The topological polar surface area (TPSA) is 46.6 Å². The van der Waals surface area contributed by atoms with Crippen LogP contribution in [0.5, 0.6) is 0 Å². The van der Waals surface area contributed by atoms with Crippen LogP contribution in [0.15, 0.2) is 22.7 Å². The number of carbonyl (C=O) groups is 2. The smallest absolute Gasteiger partial charge is 0.313 e. The van der Waals surface area contributed by atoms with Crippen molar-refractivity contribution in [3.63, 3.8) is 0 Å². The lowest BCUT2D eigenvalue weighted by Gasteiger charge is -2.13. The van der Waals surface area contributed by atoms with E-state index in [2.05, 4.69) is 15.9 Å². The molecule has 0 N–H and O–H groups in total. The van der Waals surface area contributed by atoms with Crippen molar-refractivity contribution in [2.24, 2.45) is 0 Å². The van der Waals surface area contributed by atoms with Crippen molar-refractivity contribution >= 4 is 33.4 Å². The molecular weight excluding hydrogens is 298 g/mol. The van der Waals surface area contributed by atoms with E-state index >= 15 is 0 Å². The number of hydrogen-bond donors (Lipinski definition) is 0. The predicted molar refractivity (Wildman–Crippen MR) is 74.0 cm³/mol. The van der Waals surface area contributed by atoms with Gasteiger partial charge in [-0.1, -0.05) is 0 Å². The third-order valence-corrected chi connectivity index (χ3v) is 3.04. The molecule has 0 aliphatic carbocycles. The first kappa shape index (κ1) is 14.7. The first-order valence-corrected chi connectivity index (χ1v) is 6.40. The molecule has 0 heterocycles. The lowest BCUT2D eigenvalue weighted by Crippen LogP contribution is -2.13. The van der Waals surface area contributed by atoms with Crippen molar-refractivity contribution in [2.45, 2.75) is 13.3 Å². The van der Waals surface area contributed by atoms with Crippen LogP contribution in [0.1, 0.15) is 23.7 Å². The number of halogens is 1. The molecule has 0 bridgehead atoms.